The highest BCUT2D eigenvalue weighted by atomic mass is 32.2. The van der Waals surface area contributed by atoms with Crippen molar-refractivity contribution in [2.75, 3.05) is 4.72 Å². The van der Waals surface area contributed by atoms with Crippen molar-refractivity contribution in [2.24, 2.45) is 0 Å². The van der Waals surface area contributed by atoms with Crippen molar-refractivity contribution in [1.29, 1.82) is 0 Å². The molecule has 31 heavy (non-hydrogen) atoms. The molecule has 0 spiro atoms. The third kappa shape index (κ3) is 3.99. The number of nitrogens with zero attached hydrogens (tertiary/aromatic N) is 2. The van der Waals surface area contributed by atoms with Crippen molar-refractivity contribution in [3.63, 3.8) is 0 Å². The van der Waals surface area contributed by atoms with Crippen molar-refractivity contribution < 1.29 is 8.42 Å². The number of sulfonamides is 1. The number of hydrogen-bond acceptors (Lipinski definition) is 3. The first kappa shape index (κ1) is 20.9. The minimum atomic E-state index is -3.81. The van der Waals surface area contributed by atoms with Crippen molar-refractivity contribution in [3.8, 4) is 11.1 Å². The van der Waals surface area contributed by atoms with Gasteiger partial charge in [-0.05, 0) is 44.0 Å². The molecule has 0 saturated carbocycles. The van der Waals surface area contributed by atoms with Crippen LogP contribution in [0.4, 0.5) is 5.82 Å². The maximum atomic E-state index is 13.3. The van der Waals surface area contributed by atoms with Crippen LogP contribution in [0, 0.1) is 6.92 Å². The second-order valence-corrected chi connectivity index (χ2v) is 9.61. The molecule has 0 amide bonds. The molecule has 1 heterocycles. The van der Waals surface area contributed by atoms with E-state index in [-0.39, 0.29) is 4.90 Å². The molecule has 158 valence electrons. The highest BCUT2D eigenvalue weighted by molar-refractivity contribution is 7.92. The first-order valence-electron chi connectivity index (χ1n) is 10.1. The molecule has 0 atom stereocenters. The Morgan fingerprint density at radius 1 is 0.806 bits per heavy atom. The average molecular weight is 432 g/mol. The number of nitrogens with one attached hydrogen (secondary N) is 1. The van der Waals surface area contributed by atoms with Crippen LogP contribution in [0.3, 0.4) is 0 Å². The van der Waals surface area contributed by atoms with E-state index in [0.717, 1.165) is 22.4 Å². The van der Waals surface area contributed by atoms with Gasteiger partial charge in [-0.3, -0.25) is 4.72 Å². The summed E-state index contributed by atoms with van der Waals surface area (Å²) in [7, 11) is -3.81. The average Bonchev–Trinajstić information content (AvgIpc) is 3.11. The number of rotatable bonds is 6. The number of benzene rings is 3. The van der Waals surface area contributed by atoms with Gasteiger partial charge in [0.15, 0.2) is 0 Å². The van der Waals surface area contributed by atoms with E-state index in [0.29, 0.717) is 5.82 Å². The van der Waals surface area contributed by atoms with E-state index in [1.54, 1.807) is 35.0 Å². The third-order valence-corrected chi connectivity index (χ3v) is 6.77. The van der Waals surface area contributed by atoms with Gasteiger partial charge in [0.05, 0.1) is 16.1 Å². The Hall–Kier alpha value is -3.38. The first-order valence-corrected chi connectivity index (χ1v) is 11.6. The summed E-state index contributed by atoms with van der Waals surface area (Å²) < 4.78 is 31.1. The Bertz CT molecular complexity index is 1280. The van der Waals surface area contributed by atoms with Gasteiger partial charge in [0.25, 0.3) is 10.0 Å². The fourth-order valence-corrected chi connectivity index (χ4v) is 4.81. The van der Waals surface area contributed by atoms with Gasteiger partial charge in [0.1, 0.15) is 5.82 Å². The summed E-state index contributed by atoms with van der Waals surface area (Å²) in [6, 6.07) is 28.1. The summed E-state index contributed by atoms with van der Waals surface area (Å²) in [6.07, 6.45) is 0. The molecule has 1 N–H and O–H groups in total. The fraction of sp³-hybridized carbons (Fsp3) is 0.160. The quantitative estimate of drug-likeness (QED) is 0.442. The molecular formula is C25H25N3O2S. The smallest absolute Gasteiger partial charge is 0.263 e. The number of hydrogen-bond donors (Lipinski definition) is 1. The minimum absolute atomic E-state index is 0.205. The summed E-state index contributed by atoms with van der Waals surface area (Å²) in [5.41, 5.74) is 2.86. The number of anilines is 1. The Labute approximate surface area is 183 Å². The van der Waals surface area contributed by atoms with Crippen molar-refractivity contribution in [1.82, 2.24) is 9.78 Å². The molecule has 0 aliphatic heterocycles. The molecule has 0 saturated heterocycles. The highest BCUT2D eigenvalue weighted by Gasteiger charge is 2.31. The first-order chi connectivity index (χ1) is 14.8. The van der Waals surface area contributed by atoms with Gasteiger partial charge < -0.3 is 0 Å². The lowest BCUT2D eigenvalue weighted by Gasteiger charge is -2.28. The maximum absolute atomic E-state index is 13.3. The van der Waals surface area contributed by atoms with Gasteiger partial charge in [-0.1, -0.05) is 78.9 Å². The lowest BCUT2D eigenvalue weighted by molar-refractivity contribution is 0.395. The fourth-order valence-electron chi connectivity index (χ4n) is 3.73. The SMILES string of the molecule is Cc1nn(C(C)(C)c2ccccc2)c(NS(=O)(=O)c2ccccc2)c1-c1ccccc1. The van der Waals surface area contributed by atoms with Crippen molar-refractivity contribution in [3.05, 3.63) is 102 Å². The molecule has 1 aromatic heterocycles. The van der Waals surface area contributed by atoms with Gasteiger partial charge in [-0.15, -0.1) is 0 Å². The zero-order valence-electron chi connectivity index (χ0n) is 17.8. The number of aryl methyl sites for hydroxylation is 1. The van der Waals surface area contributed by atoms with Gasteiger partial charge >= 0.3 is 0 Å². The molecule has 0 radical (unpaired) electrons. The van der Waals surface area contributed by atoms with E-state index in [2.05, 4.69) is 4.72 Å². The van der Waals surface area contributed by atoms with Gasteiger partial charge in [-0.25, -0.2) is 13.1 Å². The third-order valence-electron chi connectivity index (χ3n) is 5.42. The van der Waals surface area contributed by atoms with Crippen molar-refractivity contribution >= 4 is 15.8 Å². The van der Waals surface area contributed by atoms with E-state index in [1.165, 1.54) is 0 Å². The lowest BCUT2D eigenvalue weighted by atomic mass is 9.94. The molecular weight excluding hydrogens is 406 g/mol. The summed E-state index contributed by atoms with van der Waals surface area (Å²) in [6.45, 7) is 5.97. The normalized spacial score (nSPS) is 12.0. The van der Waals surface area contributed by atoms with E-state index >= 15 is 0 Å². The van der Waals surface area contributed by atoms with Crippen molar-refractivity contribution in [2.45, 2.75) is 31.2 Å². The zero-order valence-corrected chi connectivity index (χ0v) is 18.6. The Morgan fingerprint density at radius 3 is 1.90 bits per heavy atom. The molecule has 3 aromatic carbocycles. The van der Waals surface area contributed by atoms with Crippen LogP contribution >= 0.6 is 0 Å². The predicted molar refractivity (Wildman–Crippen MR) is 125 cm³/mol. The van der Waals surface area contributed by atoms with Gasteiger partial charge in [-0.2, -0.15) is 5.10 Å². The number of aromatic nitrogens is 2. The Kier molecular flexibility index (Phi) is 5.41. The molecule has 6 heteroatoms. The van der Waals surface area contributed by atoms with E-state index < -0.39 is 15.6 Å². The van der Waals surface area contributed by atoms with Crippen LogP contribution < -0.4 is 4.72 Å². The highest BCUT2D eigenvalue weighted by Crippen LogP contribution is 2.38. The second kappa shape index (κ2) is 8.04. The monoisotopic (exact) mass is 431 g/mol. The largest absolute Gasteiger partial charge is 0.263 e. The lowest BCUT2D eigenvalue weighted by Crippen LogP contribution is -2.31. The molecule has 4 rings (SSSR count). The zero-order chi connectivity index (χ0) is 22.1. The van der Waals surface area contributed by atoms with Crippen LogP contribution in [0.15, 0.2) is 95.9 Å². The molecule has 4 aromatic rings. The predicted octanol–water partition coefficient (Wildman–Crippen LogP) is 5.44. The molecule has 5 nitrogen and oxygen atoms in total. The molecule has 0 fully saturated rings. The molecule has 0 aliphatic rings. The summed E-state index contributed by atoms with van der Waals surface area (Å²) in [5, 5.41) is 4.80. The Morgan fingerprint density at radius 2 is 1.32 bits per heavy atom. The molecule has 0 aliphatic carbocycles. The summed E-state index contributed by atoms with van der Waals surface area (Å²) in [4.78, 5) is 0.205. The maximum Gasteiger partial charge on any atom is 0.263 e. The van der Waals surface area contributed by atoms with E-state index in [4.69, 9.17) is 5.10 Å². The van der Waals surface area contributed by atoms with Crippen LogP contribution in [0.25, 0.3) is 11.1 Å². The minimum Gasteiger partial charge on any atom is -0.263 e. The van der Waals surface area contributed by atoms with Gasteiger partial charge in [0, 0.05) is 5.56 Å². The van der Waals surface area contributed by atoms with Crippen LogP contribution in [0.1, 0.15) is 25.1 Å². The van der Waals surface area contributed by atoms with Crippen LogP contribution in [-0.4, -0.2) is 18.2 Å². The van der Waals surface area contributed by atoms with E-state index in [1.807, 2.05) is 81.4 Å². The van der Waals surface area contributed by atoms with Crippen LogP contribution in [-0.2, 0) is 15.6 Å². The van der Waals surface area contributed by atoms with E-state index in [9.17, 15) is 8.42 Å². The van der Waals surface area contributed by atoms with Gasteiger partial charge in [0.2, 0.25) is 0 Å². The topological polar surface area (TPSA) is 64.0 Å². The standard InChI is InChI=1S/C25H25N3O2S/c1-19-23(20-13-7-4-8-14-20)24(27-31(29,30)22-17-11-6-12-18-22)28(26-19)25(2,3)21-15-9-5-10-16-21/h4-18,27H,1-3H3. The van der Waals surface area contributed by atoms with Crippen LogP contribution in [0.2, 0.25) is 0 Å². The second-order valence-electron chi connectivity index (χ2n) is 7.93. The molecule has 0 bridgehead atoms. The summed E-state index contributed by atoms with van der Waals surface area (Å²) in [5.74, 6) is 0.446. The Balaban J connectivity index is 1.93. The van der Waals surface area contributed by atoms with Crippen LogP contribution in [0.5, 0.6) is 0 Å². The summed E-state index contributed by atoms with van der Waals surface area (Å²) >= 11 is 0. The molecule has 0 unspecified atom stereocenters.